The molecule has 2 atom stereocenters. The van der Waals surface area contributed by atoms with Crippen molar-refractivity contribution in [2.24, 2.45) is 0 Å². The smallest absolute Gasteiger partial charge is 0.192 e. The number of rotatable bonds is 3. The van der Waals surface area contributed by atoms with Crippen LogP contribution in [0.5, 0.6) is 0 Å². The van der Waals surface area contributed by atoms with Crippen LogP contribution in [0.15, 0.2) is 30.4 Å². The minimum Gasteiger partial charge on any atom is -0.413 e. The number of hydrogen-bond donors (Lipinski definition) is 0. The maximum atomic E-state index is 6.30. The molecule has 108 valence electrons. The molecule has 1 aromatic carbocycles. The third-order valence-electron chi connectivity index (χ3n) is 4.92. The maximum Gasteiger partial charge on any atom is 0.192 e. The van der Waals surface area contributed by atoms with Crippen LogP contribution in [0.4, 0.5) is 0 Å². The Morgan fingerprint density at radius 2 is 1.75 bits per heavy atom. The summed E-state index contributed by atoms with van der Waals surface area (Å²) in [6.45, 7) is 12.1. The molecule has 2 bridgehead atoms. The van der Waals surface area contributed by atoms with Crippen LogP contribution in [-0.4, -0.2) is 8.32 Å². The summed E-state index contributed by atoms with van der Waals surface area (Å²) in [5.41, 5.74) is 3.92. The van der Waals surface area contributed by atoms with E-state index in [0.717, 1.165) is 0 Å². The Kier molecular flexibility index (Phi) is 3.20. The van der Waals surface area contributed by atoms with Crippen molar-refractivity contribution in [3.05, 3.63) is 47.0 Å². The first kappa shape index (κ1) is 14.1. The van der Waals surface area contributed by atoms with E-state index < -0.39 is 8.32 Å². The molecule has 2 nitrogen and oxygen atoms in total. The van der Waals surface area contributed by atoms with Crippen molar-refractivity contribution in [1.82, 2.24) is 0 Å². The van der Waals surface area contributed by atoms with E-state index in [1.54, 1.807) is 0 Å². The topological polar surface area (TPSA) is 18.5 Å². The third kappa shape index (κ3) is 2.28. The van der Waals surface area contributed by atoms with Crippen LogP contribution in [-0.2, 0) is 15.8 Å². The molecule has 3 rings (SSSR count). The Morgan fingerprint density at radius 1 is 1.10 bits per heavy atom. The molecule has 0 aromatic heterocycles. The molecular formula is C17H24O2Si. The molecule has 3 heteroatoms. The summed E-state index contributed by atoms with van der Waals surface area (Å²) in [6, 6.07) is 6.65. The molecule has 0 saturated carbocycles. The highest BCUT2D eigenvalue weighted by molar-refractivity contribution is 6.74. The summed E-state index contributed by atoms with van der Waals surface area (Å²) < 4.78 is 12.2. The highest BCUT2D eigenvalue weighted by Gasteiger charge is 2.37. The van der Waals surface area contributed by atoms with Crippen molar-refractivity contribution >= 4 is 8.32 Å². The number of ether oxygens (including phenoxy) is 1. The zero-order valence-electron chi connectivity index (χ0n) is 13.1. The quantitative estimate of drug-likeness (QED) is 0.582. The van der Waals surface area contributed by atoms with Crippen LogP contribution in [0.1, 0.15) is 49.7 Å². The van der Waals surface area contributed by atoms with Crippen LogP contribution < -0.4 is 0 Å². The molecule has 1 aromatic rings. The fraction of sp³-hybridized carbons (Fsp3) is 0.529. The summed E-state index contributed by atoms with van der Waals surface area (Å²) in [7, 11) is -1.67. The van der Waals surface area contributed by atoms with Gasteiger partial charge in [0.15, 0.2) is 8.32 Å². The monoisotopic (exact) mass is 288 g/mol. The average Bonchev–Trinajstić information content (AvgIpc) is 2.96. The van der Waals surface area contributed by atoms with E-state index in [1.807, 2.05) is 0 Å². The van der Waals surface area contributed by atoms with Gasteiger partial charge in [0.25, 0.3) is 0 Å². The van der Waals surface area contributed by atoms with Crippen LogP contribution in [0.3, 0.4) is 0 Å². The fourth-order valence-electron chi connectivity index (χ4n) is 2.50. The first-order valence-corrected chi connectivity index (χ1v) is 10.3. The largest absolute Gasteiger partial charge is 0.413 e. The molecule has 2 aliphatic rings. The van der Waals surface area contributed by atoms with Gasteiger partial charge in [0.2, 0.25) is 0 Å². The predicted molar refractivity (Wildman–Crippen MR) is 84.1 cm³/mol. The molecule has 0 spiro atoms. The van der Waals surface area contributed by atoms with Gasteiger partial charge in [-0.3, -0.25) is 0 Å². The lowest BCUT2D eigenvalue weighted by molar-refractivity contribution is 0.0878. The van der Waals surface area contributed by atoms with Gasteiger partial charge in [0.05, 0.1) is 6.61 Å². The molecule has 0 N–H and O–H groups in total. The van der Waals surface area contributed by atoms with Crippen molar-refractivity contribution in [1.29, 1.82) is 0 Å². The molecule has 2 heterocycles. The van der Waals surface area contributed by atoms with E-state index in [2.05, 4.69) is 64.2 Å². The van der Waals surface area contributed by atoms with Crippen LogP contribution in [0, 0.1) is 0 Å². The number of hydrogen-bond acceptors (Lipinski definition) is 2. The standard InChI is InChI=1S/C17H24O2Si/c1-17(2,3)20(4,5)18-11-12-6-7-13-14(10-12)16-9-8-15(13)19-16/h6-10,15-16H,11H2,1-5H3/t15-,16+/m0/s1. The van der Waals surface area contributed by atoms with Crippen LogP contribution >= 0.6 is 0 Å². The van der Waals surface area contributed by atoms with E-state index in [-0.39, 0.29) is 17.2 Å². The van der Waals surface area contributed by atoms with Gasteiger partial charge in [-0.05, 0) is 34.8 Å². The first-order chi connectivity index (χ1) is 9.28. The molecular weight excluding hydrogens is 264 g/mol. The van der Waals surface area contributed by atoms with Gasteiger partial charge in [-0.15, -0.1) is 0 Å². The first-order valence-electron chi connectivity index (χ1n) is 7.38. The van der Waals surface area contributed by atoms with Gasteiger partial charge < -0.3 is 9.16 Å². The predicted octanol–water partition coefficient (Wildman–Crippen LogP) is 4.89. The normalized spacial score (nSPS) is 24.2. The van der Waals surface area contributed by atoms with Gasteiger partial charge in [0.1, 0.15) is 12.2 Å². The summed E-state index contributed by atoms with van der Waals surface area (Å²) >= 11 is 0. The SMILES string of the molecule is CC(C)(C)[Si](C)(C)OCc1ccc2c(c1)[C@H]1C=C[C@@H]2O1. The Balaban J connectivity index is 1.73. The van der Waals surface area contributed by atoms with E-state index in [4.69, 9.17) is 9.16 Å². The molecule has 20 heavy (non-hydrogen) atoms. The zero-order chi connectivity index (χ0) is 14.5. The Morgan fingerprint density at radius 3 is 2.40 bits per heavy atom. The molecule has 0 fully saturated rings. The lowest BCUT2D eigenvalue weighted by atomic mass is 9.95. The van der Waals surface area contributed by atoms with E-state index in [0.29, 0.717) is 6.61 Å². The molecule has 0 aliphatic carbocycles. The summed E-state index contributed by atoms with van der Waals surface area (Å²) in [5, 5.41) is 0.259. The maximum absolute atomic E-state index is 6.30. The third-order valence-corrected chi connectivity index (χ3v) is 9.40. The van der Waals surface area contributed by atoms with Crippen molar-refractivity contribution in [3.8, 4) is 0 Å². The second kappa shape index (κ2) is 4.55. The minimum atomic E-state index is -1.67. The second-order valence-corrected chi connectivity index (χ2v) is 12.2. The summed E-state index contributed by atoms with van der Waals surface area (Å²) in [4.78, 5) is 0. The Hall–Kier alpha value is -0.903. The van der Waals surface area contributed by atoms with Crippen molar-refractivity contribution < 1.29 is 9.16 Å². The number of fused-ring (bicyclic) bond motifs is 5. The van der Waals surface area contributed by atoms with Crippen LogP contribution in [0.2, 0.25) is 18.1 Å². The highest BCUT2D eigenvalue weighted by Crippen LogP contribution is 2.46. The lowest BCUT2D eigenvalue weighted by Crippen LogP contribution is -2.40. The van der Waals surface area contributed by atoms with Gasteiger partial charge in [-0.1, -0.05) is 51.1 Å². The molecule has 0 unspecified atom stereocenters. The molecule has 0 amide bonds. The van der Waals surface area contributed by atoms with E-state index in [1.165, 1.54) is 16.7 Å². The second-order valence-electron chi connectivity index (χ2n) is 7.37. The van der Waals surface area contributed by atoms with Gasteiger partial charge in [-0.2, -0.15) is 0 Å². The Labute approximate surface area is 122 Å². The zero-order valence-corrected chi connectivity index (χ0v) is 14.1. The number of benzene rings is 1. The highest BCUT2D eigenvalue weighted by atomic mass is 28.4. The Bertz CT molecular complexity index is 555. The average molecular weight is 288 g/mol. The van der Waals surface area contributed by atoms with Gasteiger partial charge >= 0.3 is 0 Å². The lowest BCUT2D eigenvalue weighted by Gasteiger charge is -2.36. The molecule has 0 radical (unpaired) electrons. The molecule has 0 saturated heterocycles. The summed E-state index contributed by atoms with van der Waals surface area (Å²) in [6.07, 6.45) is 4.66. The van der Waals surface area contributed by atoms with Gasteiger partial charge in [-0.25, -0.2) is 0 Å². The summed E-state index contributed by atoms with van der Waals surface area (Å²) in [5.74, 6) is 0. The minimum absolute atomic E-state index is 0.169. The van der Waals surface area contributed by atoms with E-state index in [9.17, 15) is 0 Å². The van der Waals surface area contributed by atoms with Crippen molar-refractivity contribution in [2.45, 2.75) is 57.7 Å². The fourth-order valence-corrected chi connectivity index (χ4v) is 3.46. The van der Waals surface area contributed by atoms with Crippen LogP contribution in [0.25, 0.3) is 0 Å². The van der Waals surface area contributed by atoms with E-state index >= 15 is 0 Å². The van der Waals surface area contributed by atoms with Crippen molar-refractivity contribution in [2.75, 3.05) is 0 Å². The van der Waals surface area contributed by atoms with Gasteiger partial charge in [0, 0.05) is 0 Å². The molecule has 2 aliphatic heterocycles. The van der Waals surface area contributed by atoms with Crippen molar-refractivity contribution in [3.63, 3.8) is 0 Å².